The molecular weight excluding hydrogens is 406 g/mol. The number of primary amides is 1. The summed E-state index contributed by atoms with van der Waals surface area (Å²) in [5.41, 5.74) is 9.43. The van der Waals surface area contributed by atoms with Crippen LogP contribution in [-0.2, 0) is 17.8 Å². The summed E-state index contributed by atoms with van der Waals surface area (Å²) in [6, 6.07) is 5.33. The highest BCUT2D eigenvalue weighted by Crippen LogP contribution is 2.24. The minimum absolute atomic E-state index is 0.0192. The number of fused-ring (bicyclic) bond motifs is 1. The molecule has 0 saturated heterocycles. The van der Waals surface area contributed by atoms with Crippen LogP contribution in [0.1, 0.15) is 39.3 Å². The molecule has 0 fully saturated rings. The van der Waals surface area contributed by atoms with E-state index in [9.17, 15) is 9.59 Å². The van der Waals surface area contributed by atoms with Crippen LogP contribution >= 0.6 is 11.6 Å². The number of ether oxygens (including phenoxy) is 1. The number of amides is 2. The van der Waals surface area contributed by atoms with E-state index in [0.29, 0.717) is 35.8 Å². The van der Waals surface area contributed by atoms with Crippen molar-refractivity contribution >= 4 is 29.1 Å². The van der Waals surface area contributed by atoms with Crippen molar-refractivity contribution in [1.82, 2.24) is 19.5 Å². The first kappa shape index (κ1) is 21.6. The van der Waals surface area contributed by atoms with Crippen LogP contribution in [0.25, 0.3) is 5.65 Å². The van der Waals surface area contributed by atoms with Gasteiger partial charge in [0.25, 0.3) is 5.91 Å². The van der Waals surface area contributed by atoms with E-state index in [-0.39, 0.29) is 11.5 Å². The van der Waals surface area contributed by atoms with Gasteiger partial charge in [0.1, 0.15) is 11.3 Å². The molecule has 0 atom stereocenters. The van der Waals surface area contributed by atoms with Crippen LogP contribution < -0.4 is 10.5 Å². The van der Waals surface area contributed by atoms with Crippen LogP contribution in [0.3, 0.4) is 0 Å². The fourth-order valence-electron chi connectivity index (χ4n) is 3.48. The lowest BCUT2D eigenvalue weighted by atomic mass is 10.1. The van der Waals surface area contributed by atoms with Crippen molar-refractivity contribution < 1.29 is 14.3 Å². The summed E-state index contributed by atoms with van der Waals surface area (Å²) < 4.78 is 6.94. The van der Waals surface area contributed by atoms with Gasteiger partial charge < -0.3 is 15.4 Å². The number of nitrogens with zero attached hydrogens (tertiary/aromatic N) is 4. The maximum Gasteiger partial charge on any atom is 0.254 e. The first-order valence-electron chi connectivity index (χ1n) is 9.43. The van der Waals surface area contributed by atoms with Crippen molar-refractivity contribution in [3.8, 4) is 5.75 Å². The topological polar surface area (TPSA) is 103 Å². The van der Waals surface area contributed by atoms with Gasteiger partial charge in [-0.1, -0.05) is 11.6 Å². The Bertz CT molecular complexity index is 1130. The Balaban J connectivity index is 1.75. The SMILES string of the molecule is COc1ccc(Cl)cc1CN(C)C(=O)CCc1c(C)nc2c(C(N)=O)cnn2c1C. The number of halogens is 1. The van der Waals surface area contributed by atoms with Crippen molar-refractivity contribution in [3.63, 3.8) is 0 Å². The molecule has 0 aliphatic heterocycles. The van der Waals surface area contributed by atoms with Gasteiger partial charge in [0.15, 0.2) is 5.65 Å². The number of carbonyl (C=O) groups excluding carboxylic acids is 2. The lowest BCUT2D eigenvalue weighted by molar-refractivity contribution is -0.130. The number of hydrogen-bond donors (Lipinski definition) is 1. The molecule has 0 aliphatic carbocycles. The van der Waals surface area contributed by atoms with Crippen LogP contribution in [0, 0.1) is 13.8 Å². The first-order chi connectivity index (χ1) is 14.2. The van der Waals surface area contributed by atoms with E-state index in [2.05, 4.69) is 10.1 Å². The summed E-state index contributed by atoms with van der Waals surface area (Å²) in [6.45, 7) is 4.13. The standard InChI is InChI=1S/C21H24ClN5O3/c1-12-16(13(2)27-21(25-12)17(10-24-27)20(23)29)6-8-19(28)26(3)11-14-9-15(22)5-7-18(14)30-4/h5,7,9-10H,6,8,11H2,1-4H3,(H2,23,29). The molecule has 0 radical (unpaired) electrons. The molecule has 0 spiro atoms. The van der Waals surface area contributed by atoms with E-state index < -0.39 is 5.91 Å². The van der Waals surface area contributed by atoms with Gasteiger partial charge in [-0.15, -0.1) is 0 Å². The Morgan fingerprint density at radius 3 is 2.70 bits per heavy atom. The quantitative estimate of drug-likeness (QED) is 0.622. The van der Waals surface area contributed by atoms with Gasteiger partial charge in [0, 0.05) is 42.0 Å². The Kier molecular flexibility index (Phi) is 6.26. The summed E-state index contributed by atoms with van der Waals surface area (Å²) in [5.74, 6) is 0.0934. The molecule has 0 unspecified atom stereocenters. The first-order valence-corrected chi connectivity index (χ1v) is 9.80. The normalized spacial score (nSPS) is 11.0. The number of aryl methyl sites for hydroxylation is 2. The molecule has 3 rings (SSSR count). The van der Waals surface area contributed by atoms with E-state index in [1.807, 2.05) is 13.8 Å². The smallest absolute Gasteiger partial charge is 0.254 e. The molecule has 3 aromatic rings. The Hall–Kier alpha value is -3.13. The third-order valence-electron chi connectivity index (χ3n) is 5.14. The van der Waals surface area contributed by atoms with Crippen molar-refractivity contribution in [3.05, 3.63) is 57.5 Å². The van der Waals surface area contributed by atoms with E-state index in [0.717, 1.165) is 22.5 Å². The van der Waals surface area contributed by atoms with Gasteiger partial charge >= 0.3 is 0 Å². The molecule has 30 heavy (non-hydrogen) atoms. The summed E-state index contributed by atoms with van der Waals surface area (Å²) in [7, 11) is 3.33. The molecular formula is C21H24ClN5O3. The van der Waals surface area contributed by atoms with Gasteiger partial charge in [-0.3, -0.25) is 9.59 Å². The Morgan fingerprint density at radius 1 is 1.30 bits per heavy atom. The highest BCUT2D eigenvalue weighted by Gasteiger charge is 2.18. The average molecular weight is 430 g/mol. The lowest BCUT2D eigenvalue weighted by Crippen LogP contribution is -2.27. The molecule has 0 bridgehead atoms. The van der Waals surface area contributed by atoms with Crippen LogP contribution in [0.15, 0.2) is 24.4 Å². The zero-order valence-corrected chi connectivity index (χ0v) is 18.2. The van der Waals surface area contributed by atoms with Gasteiger partial charge in [-0.25, -0.2) is 9.50 Å². The van der Waals surface area contributed by atoms with Crippen LogP contribution in [-0.4, -0.2) is 45.5 Å². The number of rotatable bonds is 7. The van der Waals surface area contributed by atoms with Crippen molar-refractivity contribution in [2.75, 3.05) is 14.2 Å². The monoisotopic (exact) mass is 429 g/mol. The number of benzene rings is 1. The Labute approximate surface area is 179 Å². The van der Waals surface area contributed by atoms with Gasteiger partial charge in [0.2, 0.25) is 5.91 Å². The zero-order valence-electron chi connectivity index (χ0n) is 17.4. The fourth-order valence-corrected chi connectivity index (χ4v) is 3.68. The van der Waals surface area contributed by atoms with Gasteiger partial charge in [0.05, 0.1) is 13.3 Å². The lowest BCUT2D eigenvalue weighted by Gasteiger charge is -2.20. The summed E-state index contributed by atoms with van der Waals surface area (Å²) in [4.78, 5) is 30.4. The molecule has 2 N–H and O–H groups in total. The number of nitrogens with two attached hydrogens (primary N) is 1. The second-order valence-electron chi connectivity index (χ2n) is 7.13. The number of hydrogen-bond acceptors (Lipinski definition) is 5. The molecule has 1 aromatic carbocycles. The second-order valence-corrected chi connectivity index (χ2v) is 7.56. The molecule has 2 amide bonds. The predicted molar refractivity (Wildman–Crippen MR) is 114 cm³/mol. The molecule has 0 saturated carbocycles. The van der Waals surface area contributed by atoms with Crippen molar-refractivity contribution in [2.24, 2.45) is 5.73 Å². The van der Waals surface area contributed by atoms with Crippen LogP contribution in [0.4, 0.5) is 0 Å². The predicted octanol–water partition coefficient (Wildman–Crippen LogP) is 2.70. The van der Waals surface area contributed by atoms with E-state index >= 15 is 0 Å². The number of carbonyl (C=O) groups is 2. The molecule has 8 nitrogen and oxygen atoms in total. The summed E-state index contributed by atoms with van der Waals surface area (Å²) >= 11 is 6.08. The third kappa shape index (κ3) is 4.23. The highest BCUT2D eigenvalue weighted by atomic mass is 35.5. The molecule has 2 aromatic heterocycles. The molecule has 0 aliphatic rings. The van der Waals surface area contributed by atoms with Crippen LogP contribution in [0.2, 0.25) is 5.02 Å². The maximum atomic E-state index is 12.7. The van der Waals surface area contributed by atoms with Gasteiger partial charge in [-0.05, 0) is 44.0 Å². The number of methoxy groups -OCH3 is 1. The van der Waals surface area contributed by atoms with E-state index in [4.69, 9.17) is 22.1 Å². The average Bonchev–Trinajstić information content (AvgIpc) is 3.12. The molecule has 9 heteroatoms. The second kappa shape index (κ2) is 8.71. The minimum atomic E-state index is -0.572. The third-order valence-corrected chi connectivity index (χ3v) is 5.37. The van der Waals surface area contributed by atoms with E-state index in [1.54, 1.807) is 41.8 Å². The summed E-state index contributed by atoms with van der Waals surface area (Å²) in [5, 5.41) is 4.81. The highest BCUT2D eigenvalue weighted by molar-refractivity contribution is 6.30. The largest absolute Gasteiger partial charge is 0.496 e. The number of aromatic nitrogens is 3. The maximum absolute atomic E-state index is 12.7. The minimum Gasteiger partial charge on any atom is -0.496 e. The Morgan fingerprint density at radius 2 is 2.03 bits per heavy atom. The fraction of sp³-hybridized carbons (Fsp3) is 0.333. The van der Waals surface area contributed by atoms with Crippen LogP contribution in [0.5, 0.6) is 5.75 Å². The zero-order chi connectivity index (χ0) is 22.0. The summed E-state index contributed by atoms with van der Waals surface area (Å²) in [6.07, 6.45) is 2.22. The van der Waals surface area contributed by atoms with E-state index in [1.165, 1.54) is 6.20 Å². The van der Waals surface area contributed by atoms with Crippen molar-refractivity contribution in [1.29, 1.82) is 0 Å². The van der Waals surface area contributed by atoms with Crippen molar-refractivity contribution in [2.45, 2.75) is 33.2 Å². The molecule has 158 valence electrons. The molecule has 2 heterocycles. The van der Waals surface area contributed by atoms with Gasteiger partial charge in [-0.2, -0.15) is 5.10 Å².